The van der Waals surface area contributed by atoms with Crippen LogP contribution in [0.2, 0.25) is 0 Å². The number of hydrogen-bond donors (Lipinski definition) is 0. The van der Waals surface area contributed by atoms with Gasteiger partial charge in [0.05, 0.1) is 12.5 Å². The summed E-state index contributed by atoms with van der Waals surface area (Å²) in [5.41, 5.74) is 0.898. The Hall–Kier alpha value is -2.16. The predicted octanol–water partition coefficient (Wildman–Crippen LogP) is 1.14. The highest BCUT2D eigenvalue weighted by atomic mass is 19.4. The van der Waals surface area contributed by atoms with Gasteiger partial charge in [0.2, 0.25) is 11.8 Å². The zero-order chi connectivity index (χ0) is 18.7. The summed E-state index contributed by atoms with van der Waals surface area (Å²) in [6.45, 7) is 0.738. The molecule has 1 aromatic rings. The Bertz CT molecular complexity index is 645. The number of pyridine rings is 1. The van der Waals surface area contributed by atoms with Gasteiger partial charge in [-0.2, -0.15) is 13.2 Å². The van der Waals surface area contributed by atoms with E-state index in [1.54, 1.807) is 28.3 Å². The fourth-order valence-electron chi connectivity index (χ4n) is 3.44. The van der Waals surface area contributed by atoms with Crippen LogP contribution in [0, 0.1) is 5.92 Å². The molecule has 0 spiro atoms. The summed E-state index contributed by atoms with van der Waals surface area (Å²) in [5, 5.41) is 0. The lowest BCUT2D eigenvalue weighted by atomic mass is 10.1. The van der Waals surface area contributed by atoms with E-state index in [9.17, 15) is 22.8 Å². The summed E-state index contributed by atoms with van der Waals surface area (Å²) in [5.74, 6) is -0.644. The number of piperazine rings is 1. The van der Waals surface area contributed by atoms with Crippen molar-refractivity contribution >= 4 is 11.8 Å². The van der Waals surface area contributed by atoms with Gasteiger partial charge >= 0.3 is 6.18 Å². The van der Waals surface area contributed by atoms with Crippen LogP contribution in [-0.4, -0.2) is 76.9 Å². The fraction of sp³-hybridized carbons (Fsp3) is 0.588. The lowest BCUT2D eigenvalue weighted by Crippen LogP contribution is -2.52. The molecular weight excluding hydrogens is 349 g/mol. The van der Waals surface area contributed by atoms with Crippen LogP contribution in [-0.2, 0) is 16.1 Å². The standard InChI is InChI=1S/C17H21F3N4O2/c18-17(19,20)12-22-4-6-23(7-5-22)16(26)14-8-15(25)24(11-14)10-13-2-1-3-21-9-13/h1-3,9,14H,4-8,10-12H2/t14-/m0/s1. The number of alkyl halides is 3. The molecule has 9 heteroatoms. The number of halogens is 3. The first kappa shape index (κ1) is 18.6. The van der Waals surface area contributed by atoms with Crippen LogP contribution in [0.25, 0.3) is 0 Å². The largest absolute Gasteiger partial charge is 0.401 e. The van der Waals surface area contributed by atoms with Crippen molar-refractivity contribution in [3.63, 3.8) is 0 Å². The van der Waals surface area contributed by atoms with E-state index in [0.717, 1.165) is 5.56 Å². The second-order valence-corrected chi connectivity index (χ2v) is 6.75. The van der Waals surface area contributed by atoms with E-state index in [-0.39, 0.29) is 44.4 Å². The van der Waals surface area contributed by atoms with Crippen LogP contribution in [0.15, 0.2) is 24.5 Å². The van der Waals surface area contributed by atoms with Crippen molar-refractivity contribution in [2.45, 2.75) is 19.1 Å². The van der Waals surface area contributed by atoms with Crippen molar-refractivity contribution < 1.29 is 22.8 Å². The molecule has 0 aliphatic carbocycles. The minimum absolute atomic E-state index is 0.0806. The van der Waals surface area contributed by atoms with E-state index in [1.807, 2.05) is 6.07 Å². The van der Waals surface area contributed by atoms with Crippen molar-refractivity contribution in [2.24, 2.45) is 5.92 Å². The first-order valence-corrected chi connectivity index (χ1v) is 8.56. The Morgan fingerprint density at radius 3 is 2.58 bits per heavy atom. The molecule has 2 aliphatic heterocycles. The van der Waals surface area contributed by atoms with Crippen molar-refractivity contribution in [3.05, 3.63) is 30.1 Å². The molecule has 6 nitrogen and oxygen atoms in total. The molecule has 1 atom stereocenters. The highest BCUT2D eigenvalue weighted by Gasteiger charge is 2.38. The molecule has 2 saturated heterocycles. The Kier molecular flexibility index (Phi) is 5.45. The monoisotopic (exact) mass is 370 g/mol. The number of likely N-dealkylation sites (tertiary alicyclic amines) is 1. The van der Waals surface area contributed by atoms with Gasteiger partial charge in [0.1, 0.15) is 0 Å². The molecule has 0 aromatic carbocycles. The topological polar surface area (TPSA) is 56.8 Å². The molecule has 3 rings (SSSR count). The molecule has 0 radical (unpaired) electrons. The number of carbonyl (C=O) groups excluding carboxylic acids is 2. The number of hydrogen-bond acceptors (Lipinski definition) is 4. The predicted molar refractivity (Wildman–Crippen MR) is 86.8 cm³/mol. The van der Waals surface area contributed by atoms with Crippen LogP contribution in [0.3, 0.4) is 0 Å². The lowest BCUT2D eigenvalue weighted by molar-refractivity contribution is -0.152. The third kappa shape index (κ3) is 4.72. The average molecular weight is 370 g/mol. The second-order valence-electron chi connectivity index (χ2n) is 6.75. The number of amides is 2. The number of nitrogens with zero attached hydrogens (tertiary/aromatic N) is 4. The highest BCUT2D eigenvalue weighted by Crippen LogP contribution is 2.23. The smallest absolute Gasteiger partial charge is 0.340 e. The van der Waals surface area contributed by atoms with E-state index >= 15 is 0 Å². The van der Waals surface area contributed by atoms with Gasteiger partial charge in [0, 0.05) is 58.1 Å². The second kappa shape index (κ2) is 7.61. The van der Waals surface area contributed by atoms with Gasteiger partial charge < -0.3 is 9.80 Å². The summed E-state index contributed by atoms with van der Waals surface area (Å²) in [6.07, 6.45) is -0.735. The van der Waals surface area contributed by atoms with E-state index in [0.29, 0.717) is 13.1 Å². The summed E-state index contributed by atoms with van der Waals surface area (Å²) < 4.78 is 37.3. The zero-order valence-electron chi connectivity index (χ0n) is 14.3. The van der Waals surface area contributed by atoms with Gasteiger partial charge in [-0.3, -0.25) is 19.5 Å². The third-order valence-corrected chi connectivity index (χ3v) is 4.75. The third-order valence-electron chi connectivity index (χ3n) is 4.75. The Morgan fingerprint density at radius 1 is 1.23 bits per heavy atom. The molecule has 0 unspecified atom stereocenters. The fourth-order valence-corrected chi connectivity index (χ4v) is 3.44. The molecular formula is C17H21F3N4O2. The van der Waals surface area contributed by atoms with E-state index in [4.69, 9.17) is 0 Å². The van der Waals surface area contributed by atoms with Gasteiger partial charge in [-0.1, -0.05) is 6.07 Å². The summed E-state index contributed by atoms with van der Waals surface area (Å²) in [7, 11) is 0. The summed E-state index contributed by atoms with van der Waals surface area (Å²) >= 11 is 0. The number of rotatable bonds is 4. The normalized spacial score (nSPS) is 22.1. The highest BCUT2D eigenvalue weighted by molar-refractivity contribution is 5.89. The zero-order valence-corrected chi connectivity index (χ0v) is 14.3. The van der Waals surface area contributed by atoms with Crippen LogP contribution < -0.4 is 0 Å². The Labute approximate surface area is 149 Å². The van der Waals surface area contributed by atoms with Crippen LogP contribution in [0.4, 0.5) is 13.2 Å². The molecule has 2 amide bonds. The van der Waals surface area contributed by atoms with Crippen molar-refractivity contribution in [3.8, 4) is 0 Å². The Balaban J connectivity index is 1.51. The maximum atomic E-state index is 12.6. The van der Waals surface area contributed by atoms with Crippen molar-refractivity contribution in [2.75, 3.05) is 39.3 Å². The minimum atomic E-state index is -4.23. The SMILES string of the molecule is O=C1C[C@H](C(=O)N2CCN(CC(F)(F)F)CC2)CN1Cc1cccnc1. The van der Waals surface area contributed by atoms with Crippen LogP contribution in [0.1, 0.15) is 12.0 Å². The summed E-state index contributed by atoms with van der Waals surface area (Å²) in [4.78, 5) is 33.4. The van der Waals surface area contributed by atoms with Gasteiger partial charge in [-0.15, -0.1) is 0 Å². The first-order chi connectivity index (χ1) is 12.3. The molecule has 0 bridgehead atoms. The van der Waals surface area contributed by atoms with Crippen LogP contribution in [0.5, 0.6) is 0 Å². The number of carbonyl (C=O) groups is 2. The molecule has 2 aliphatic rings. The van der Waals surface area contributed by atoms with E-state index in [1.165, 1.54) is 4.90 Å². The van der Waals surface area contributed by atoms with E-state index in [2.05, 4.69) is 4.98 Å². The maximum Gasteiger partial charge on any atom is 0.401 e. The van der Waals surface area contributed by atoms with E-state index < -0.39 is 18.6 Å². The van der Waals surface area contributed by atoms with Gasteiger partial charge in [0.25, 0.3) is 0 Å². The maximum absolute atomic E-state index is 12.6. The molecule has 3 heterocycles. The summed E-state index contributed by atoms with van der Waals surface area (Å²) in [6, 6.07) is 3.66. The van der Waals surface area contributed by atoms with Crippen molar-refractivity contribution in [1.29, 1.82) is 0 Å². The molecule has 26 heavy (non-hydrogen) atoms. The Morgan fingerprint density at radius 2 is 1.96 bits per heavy atom. The molecule has 142 valence electrons. The van der Waals surface area contributed by atoms with Gasteiger partial charge in [-0.05, 0) is 11.6 Å². The molecule has 0 N–H and O–H groups in total. The van der Waals surface area contributed by atoms with Crippen LogP contribution >= 0.6 is 0 Å². The first-order valence-electron chi connectivity index (χ1n) is 8.56. The average Bonchev–Trinajstić information content (AvgIpc) is 2.95. The van der Waals surface area contributed by atoms with Gasteiger partial charge in [0.15, 0.2) is 0 Å². The number of aromatic nitrogens is 1. The van der Waals surface area contributed by atoms with Gasteiger partial charge in [-0.25, -0.2) is 0 Å². The molecule has 1 aromatic heterocycles. The van der Waals surface area contributed by atoms with Crippen molar-refractivity contribution in [1.82, 2.24) is 19.7 Å². The molecule has 0 saturated carbocycles. The quantitative estimate of drug-likeness (QED) is 0.798. The molecule has 2 fully saturated rings. The minimum Gasteiger partial charge on any atom is -0.340 e. The lowest BCUT2D eigenvalue weighted by Gasteiger charge is -2.36.